The van der Waals surface area contributed by atoms with Crippen molar-refractivity contribution in [3.05, 3.63) is 30.1 Å². The van der Waals surface area contributed by atoms with Crippen LogP contribution in [-0.2, 0) is 11.2 Å². The summed E-state index contributed by atoms with van der Waals surface area (Å²) in [7, 11) is 0. The number of aromatic nitrogens is 1. The minimum Gasteiger partial charge on any atom is -0.352 e. The van der Waals surface area contributed by atoms with Gasteiger partial charge in [-0.25, -0.2) is 0 Å². The molecule has 6 heteroatoms. The molecule has 108 valence electrons. The van der Waals surface area contributed by atoms with Crippen molar-refractivity contribution in [3.8, 4) is 0 Å². The summed E-state index contributed by atoms with van der Waals surface area (Å²) in [6.45, 7) is 2.99. The molecule has 1 aromatic rings. The van der Waals surface area contributed by atoms with Gasteiger partial charge < -0.3 is 10.6 Å². The van der Waals surface area contributed by atoms with Crippen LogP contribution in [0.25, 0.3) is 0 Å². The standard InChI is InChI=1S/C13H19N3O.2ClH/c1-10(9-11-4-7-14-8-5-11)16-13(17)12-3-2-6-15-12;;/h4-5,7-8,10,12,15H,2-3,6,9H2,1H3,(H,16,17);2*1H. The molecule has 0 radical (unpaired) electrons. The Kier molecular flexibility index (Phi) is 8.72. The van der Waals surface area contributed by atoms with Crippen LogP contribution in [0.1, 0.15) is 25.3 Å². The van der Waals surface area contributed by atoms with E-state index < -0.39 is 0 Å². The maximum atomic E-state index is 11.9. The molecule has 2 rings (SSSR count). The van der Waals surface area contributed by atoms with E-state index in [9.17, 15) is 4.79 Å². The van der Waals surface area contributed by atoms with E-state index in [-0.39, 0.29) is 42.8 Å². The highest BCUT2D eigenvalue weighted by Crippen LogP contribution is 2.06. The van der Waals surface area contributed by atoms with E-state index in [4.69, 9.17) is 0 Å². The molecule has 1 fully saturated rings. The summed E-state index contributed by atoms with van der Waals surface area (Å²) in [6, 6.07) is 4.13. The quantitative estimate of drug-likeness (QED) is 0.890. The molecular formula is C13H21Cl2N3O. The Labute approximate surface area is 126 Å². The molecule has 1 aromatic heterocycles. The van der Waals surface area contributed by atoms with Crippen LogP contribution in [0, 0.1) is 0 Å². The predicted octanol–water partition coefficient (Wildman–Crippen LogP) is 1.72. The molecule has 1 saturated heterocycles. The summed E-state index contributed by atoms with van der Waals surface area (Å²) in [4.78, 5) is 15.8. The molecule has 2 heterocycles. The number of nitrogens with zero attached hydrogens (tertiary/aromatic N) is 1. The minimum absolute atomic E-state index is 0. The highest BCUT2D eigenvalue weighted by atomic mass is 35.5. The number of amides is 1. The number of hydrogen-bond donors (Lipinski definition) is 2. The van der Waals surface area contributed by atoms with Crippen molar-refractivity contribution in [1.29, 1.82) is 0 Å². The summed E-state index contributed by atoms with van der Waals surface area (Å²) in [5, 5.41) is 6.25. The van der Waals surface area contributed by atoms with Crippen LogP contribution in [0.2, 0.25) is 0 Å². The number of rotatable bonds is 4. The molecule has 1 amide bonds. The third-order valence-electron chi connectivity index (χ3n) is 3.06. The second kappa shape index (κ2) is 9.13. The molecule has 1 aliphatic heterocycles. The van der Waals surface area contributed by atoms with E-state index in [0.29, 0.717) is 0 Å². The van der Waals surface area contributed by atoms with Gasteiger partial charge in [0.25, 0.3) is 0 Å². The van der Waals surface area contributed by atoms with Crippen molar-refractivity contribution in [2.45, 2.75) is 38.3 Å². The van der Waals surface area contributed by atoms with Gasteiger partial charge >= 0.3 is 0 Å². The predicted molar refractivity (Wildman–Crippen MR) is 81.1 cm³/mol. The Bertz CT molecular complexity index is 369. The third kappa shape index (κ3) is 5.76. The molecule has 0 saturated carbocycles. The topological polar surface area (TPSA) is 54.0 Å². The lowest BCUT2D eigenvalue weighted by molar-refractivity contribution is -0.123. The zero-order valence-electron chi connectivity index (χ0n) is 11.0. The molecule has 2 atom stereocenters. The molecule has 0 aliphatic carbocycles. The zero-order chi connectivity index (χ0) is 12.1. The first kappa shape index (κ1) is 18.2. The van der Waals surface area contributed by atoms with E-state index >= 15 is 0 Å². The number of pyridine rings is 1. The van der Waals surface area contributed by atoms with Gasteiger partial charge in [0.05, 0.1) is 6.04 Å². The lowest BCUT2D eigenvalue weighted by atomic mass is 10.1. The maximum absolute atomic E-state index is 11.9. The van der Waals surface area contributed by atoms with Crippen molar-refractivity contribution in [3.63, 3.8) is 0 Å². The van der Waals surface area contributed by atoms with Crippen LogP contribution in [-0.4, -0.2) is 29.5 Å². The summed E-state index contributed by atoms with van der Waals surface area (Å²) in [5.74, 6) is 0.129. The number of carbonyl (C=O) groups is 1. The number of carbonyl (C=O) groups excluding carboxylic acids is 1. The molecule has 4 nitrogen and oxygen atoms in total. The van der Waals surface area contributed by atoms with Gasteiger partial charge in [-0.3, -0.25) is 9.78 Å². The highest BCUT2D eigenvalue weighted by molar-refractivity contribution is 5.85. The van der Waals surface area contributed by atoms with Crippen LogP contribution in [0.15, 0.2) is 24.5 Å². The van der Waals surface area contributed by atoms with Crippen LogP contribution >= 0.6 is 24.8 Å². The fourth-order valence-electron chi connectivity index (χ4n) is 2.18. The minimum atomic E-state index is 0. The Morgan fingerprint density at radius 2 is 2.16 bits per heavy atom. The van der Waals surface area contributed by atoms with Gasteiger partial charge in [-0.2, -0.15) is 0 Å². The third-order valence-corrected chi connectivity index (χ3v) is 3.06. The van der Waals surface area contributed by atoms with Gasteiger partial charge in [-0.05, 0) is 50.4 Å². The smallest absolute Gasteiger partial charge is 0.237 e. The van der Waals surface area contributed by atoms with Crippen molar-refractivity contribution < 1.29 is 4.79 Å². The highest BCUT2D eigenvalue weighted by Gasteiger charge is 2.22. The molecule has 0 bridgehead atoms. The van der Waals surface area contributed by atoms with Gasteiger partial charge in [0.15, 0.2) is 0 Å². The Morgan fingerprint density at radius 3 is 2.74 bits per heavy atom. The molecule has 0 spiro atoms. The fraction of sp³-hybridized carbons (Fsp3) is 0.538. The average molecular weight is 306 g/mol. The first-order valence-corrected chi connectivity index (χ1v) is 6.18. The summed E-state index contributed by atoms with van der Waals surface area (Å²) >= 11 is 0. The van der Waals surface area contributed by atoms with Gasteiger partial charge in [-0.15, -0.1) is 24.8 Å². The maximum Gasteiger partial charge on any atom is 0.237 e. The largest absolute Gasteiger partial charge is 0.352 e. The normalized spacial score (nSPS) is 18.9. The SMILES string of the molecule is CC(Cc1ccncc1)NC(=O)C1CCCN1.Cl.Cl. The molecule has 1 aliphatic rings. The van der Waals surface area contributed by atoms with Crippen LogP contribution in [0.5, 0.6) is 0 Å². The lowest BCUT2D eigenvalue weighted by Crippen LogP contribution is -2.44. The van der Waals surface area contributed by atoms with Crippen LogP contribution in [0.4, 0.5) is 0 Å². The van der Waals surface area contributed by atoms with Crippen molar-refractivity contribution in [1.82, 2.24) is 15.6 Å². The lowest BCUT2D eigenvalue weighted by Gasteiger charge is -2.17. The molecule has 2 N–H and O–H groups in total. The monoisotopic (exact) mass is 305 g/mol. The molecule has 0 aromatic carbocycles. The Balaban J connectivity index is 0.00000162. The van der Waals surface area contributed by atoms with Crippen molar-refractivity contribution >= 4 is 30.7 Å². The van der Waals surface area contributed by atoms with Crippen LogP contribution in [0.3, 0.4) is 0 Å². The summed E-state index contributed by atoms with van der Waals surface area (Å²) < 4.78 is 0. The molecule has 2 unspecified atom stereocenters. The summed E-state index contributed by atoms with van der Waals surface area (Å²) in [5.41, 5.74) is 1.20. The van der Waals surface area contributed by atoms with Gasteiger partial charge in [-0.1, -0.05) is 0 Å². The first-order chi connectivity index (χ1) is 8.25. The van der Waals surface area contributed by atoms with Gasteiger partial charge in [0.1, 0.15) is 0 Å². The van der Waals surface area contributed by atoms with Gasteiger partial charge in [0, 0.05) is 18.4 Å². The Hall–Kier alpha value is -0.840. The number of hydrogen-bond acceptors (Lipinski definition) is 3. The first-order valence-electron chi connectivity index (χ1n) is 6.18. The van der Waals surface area contributed by atoms with E-state index in [1.807, 2.05) is 19.1 Å². The summed E-state index contributed by atoms with van der Waals surface area (Å²) in [6.07, 6.45) is 6.45. The zero-order valence-corrected chi connectivity index (χ0v) is 12.6. The van der Waals surface area contributed by atoms with E-state index in [0.717, 1.165) is 25.8 Å². The fourth-order valence-corrected chi connectivity index (χ4v) is 2.18. The van der Waals surface area contributed by atoms with E-state index in [2.05, 4.69) is 15.6 Å². The second-order valence-corrected chi connectivity index (χ2v) is 4.62. The Morgan fingerprint density at radius 1 is 1.47 bits per heavy atom. The molecule has 19 heavy (non-hydrogen) atoms. The average Bonchev–Trinajstić information content (AvgIpc) is 2.83. The molecular weight excluding hydrogens is 285 g/mol. The van der Waals surface area contributed by atoms with Crippen LogP contribution < -0.4 is 10.6 Å². The second-order valence-electron chi connectivity index (χ2n) is 4.62. The van der Waals surface area contributed by atoms with Crippen molar-refractivity contribution in [2.75, 3.05) is 6.54 Å². The number of halogens is 2. The van der Waals surface area contributed by atoms with E-state index in [1.54, 1.807) is 12.4 Å². The van der Waals surface area contributed by atoms with Crippen molar-refractivity contribution in [2.24, 2.45) is 0 Å². The van der Waals surface area contributed by atoms with E-state index in [1.165, 1.54) is 5.56 Å². The number of nitrogens with one attached hydrogen (secondary N) is 2. The van der Waals surface area contributed by atoms with Gasteiger partial charge in [0.2, 0.25) is 5.91 Å².